The summed E-state index contributed by atoms with van der Waals surface area (Å²) in [6.07, 6.45) is 0. The van der Waals surface area contributed by atoms with Crippen LogP contribution in [0.1, 0.15) is 18.5 Å². The summed E-state index contributed by atoms with van der Waals surface area (Å²) in [7, 11) is 1.59. The Morgan fingerprint density at radius 1 is 1.19 bits per heavy atom. The Morgan fingerprint density at radius 3 is 2.68 bits per heavy atom. The van der Waals surface area contributed by atoms with Crippen LogP contribution in [0, 0.1) is 0 Å². The largest absolute Gasteiger partial charge is 0.497 e. The van der Waals surface area contributed by atoms with E-state index in [-0.39, 0.29) is 12.6 Å². The van der Waals surface area contributed by atoms with E-state index in [0.717, 1.165) is 20.1 Å². The molecule has 2 amide bonds. The number of methoxy groups -OCH3 is 1. The van der Waals surface area contributed by atoms with Crippen molar-refractivity contribution in [2.45, 2.75) is 17.3 Å². The molecule has 3 aromatic rings. The van der Waals surface area contributed by atoms with Crippen LogP contribution in [-0.4, -0.2) is 36.5 Å². The van der Waals surface area contributed by atoms with Gasteiger partial charge in [-0.2, -0.15) is 0 Å². The Balaban J connectivity index is 1.66. The number of nitrogens with zero attached hydrogens (tertiary/aromatic N) is 1. The molecule has 7 nitrogen and oxygen atoms in total. The summed E-state index contributed by atoms with van der Waals surface area (Å²) in [5.41, 5.74) is 2.61. The SMILES string of the molecule is CCOC(=O)C1=C(CSc2nc3ccccc3s2)NC(=O)N[C@H]1c1ccc(OC)cc1. The number of thiazole rings is 1. The first kappa shape index (κ1) is 21.2. The van der Waals surface area contributed by atoms with Crippen LogP contribution in [-0.2, 0) is 9.53 Å². The fraction of sp³-hybridized carbons (Fsp3) is 0.227. The van der Waals surface area contributed by atoms with Crippen molar-refractivity contribution in [2.75, 3.05) is 19.5 Å². The maximum atomic E-state index is 12.9. The van der Waals surface area contributed by atoms with Crippen LogP contribution in [0.3, 0.4) is 0 Å². The molecule has 1 aromatic heterocycles. The number of nitrogens with one attached hydrogen (secondary N) is 2. The zero-order valence-electron chi connectivity index (χ0n) is 17.0. The molecule has 2 aromatic carbocycles. The summed E-state index contributed by atoms with van der Waals surface area (Å²) in [5, 5.41) is 5.63. The maximum Gasteiger partial charge on any atom is 0.338 e. The molecule has 0 spiro atoms. The predicted molar refractivity (Wildman–Crippen MR) is 121 cm³/mol. The van der Waals surface area contributed by atoms with E-state index in [2.05, 4.69) is 15.6 Å². The van der Waals surface area contributed by atoms with Gasteiger partial charge in [-0.1, -0.05) is 36.0 Å². The Labute approximate surface area is 187 Å². The number of esters is 1. The first-order chi connectivity index (χ1) is 15.1. The Bertz CT molecular complexity index is 1110. The van der Waals surface area contributed by atoms with Crippen LogP contribution in [0.5, 0.6) is 5.75 Å². The number of para-hydroxylation sites is 1. The van der Waals surface area contributed by atoms with Crippen molar-refractivity contribution in [3.8, 4) is 5.75 Å². The Morgan fingerprint density at radius 2 is 1.97 bits per heavy atom. The lowest BCUT2D eigenvalue weighted by Gasteiger charge is -2.29. The number of hydrogen-bond acceptors (Lipinski definition) is 7. The summed E-state index contributed by atoms with van der Waals surface area (Å²) in [6.45, 7) is 2.00. The first-order valence-corrected chi connectivity index (χ1v) is 11.5. The molecule has 0 saturated heterocycles. The third-order valence-corrected chi connectivity index (χ3v) is 6.92. The lowest BCUT2D eigenvalue weighted by molar-refractivity contribution is -0.139. The van der Waals surface area contributed by atoms with Crippen molar-refractivity contribution in [1.29, 1.82) is 0 Å². The number of aromatic nitrogens is 1. The second-order valence-corrected chi connectivity index (χ2v) is 8.91. The lowest BCUT2D eigenvalue weighted by atomic mass is 9.95. The van der Waals surface area contributed by atoms with E-state index >= 15 is 0 Å². The van der Waals surface area contributed by atoms with Gasteiger partial charge < -0.3 is 20.1 Å². The van der Waals surface area contributed by atoms with Crippen LogP contribution in [0.4, 0.5) is 4.79 Å². The predicted octanol–water partition coefficient (Wildman–Crippen LogP) is 4.27. The summed E-state index contributed by atoms with van der Waals surface area (Å²) in [6, 6.07) is 14.2. The Hall–Kier alpha value is -3.04. The monoisotopic (exact) mass is 455 g/mol. The van der Waals surface area contributed by atoms with Gasteiger partial charge in [-0.3, -0.25) is 0 Å². The van der Waals surface area contributed by atoms with Crippen molar-refractivity contribution < 1.29 is 19.1 Å². The van der Waals surface area contributed by atoms with Crippen molar-refractivity contribution >= 4 is 45.3 Å². The van der Waals surface area contributed by atoms with E-state index < -0.39 is 12.0 Å². The number of rotatable bonds is 7. The summed E-state index contributed by atoms with van der Waals surface area (Å²) in [4.78, 5) is 29.9. The molecular formula is C22H21N3O4S2. The zero-order valence-corrected chi connectivity index (χ0v) is 18.6. The van der Waals surface area contributed by atoms with E-state index in [1.807, 2.05) is 36.4 Å². The van der Waals surface area contributed by atoms with Gasteiger partial charge in [0.15, 0.2) is 4.34 Å². The number of carbonyl (C=O) groups is 2. The maximum absolute atomic E-state index is 12.9. The minimum Gasteiger partial charge on any atom is -0.497 e. The number of urea groups is 1. The van der Waals surface area contributed by atoms with Crippen LogP contribution in [0.2, 0.25) is 0 Å². The molecule has 2 N–H and O–H groups in total. The van der Waals surface area contributed by atoms with E-state index in [1.165, 1.54) is 11.8 Å². The van der Waals surface area contributed by atoms with E-state index in [9.17, 15) is 9.59 Å². The van der Waals surface area contributed by atoms with Gasteiger partial charge in [0.1, 0.15) is 5.75 Å². The molecule has 1 aliphatic heterocycles. The first-order valence-electron chi connectivity index (χ1n) is 9.69. The third-order valence-electron chi connectivity index (χ3n) is 4.71. The zero-order chi connectivity index (χ0) is 21.8. The minimum absolute atomic E-state index is 0.240. The van der Waals surface area contributed by atoms with Crippen molar-refractivity contribution in [2.24, 2.45) is 0 Å². The highest BCUT2D eigenvalue weighted by atomic mass is 32.2. The van der Waals surface area contributed by atoms with Gasteiger partial charge >= 0.3 is 12.0 Å². The minimum atomic E-state index is -0.621. The van der Waals surface area contributed by atoms with E-state index in [1.54, 1.807) is 37.5 Å². The van der Waals surface area contributed by atoms with Gasteiger partial charge in [0, 0.05) is 11.4 Å². The molecule has 2 heterocycles. The fourth-order valence-corrected chi connectivity index (χ4v) is 5.31. The number of fused-ring (bicyclic) bond motifs is 1. The lowest BCUT2D eigenvalue weighted by Crippen LogP contribution is -2.46. The van der Waals surface area contributed by atoms with Gasteiger partial charge in [-0.25, -0.2) is 14.6 Å². The molecular weight excluding hydrogens is 434 g/mol. The molecule has 0 bridgehead atoms. The topological polar surface area (TPSA) is 89.5 Å². The molecule has 31 heavy (non-hydrogen) atoms. The van der Waals surface area contributed by atoms with Crippen LogP contribution < -0.4 is 15.4 Å². The van der Waals surface area contributed by atoms with E-state index in [0.29, 0.717) is 22.8 Å². The standard InChI is InChI=1S/C22H21N3O4S2/c1-3-29-20(26)18-16(12-30-22-24-15-6-4-5-7-17(15)31-22)23-21(27)25-19(18)13-8-10-14(28-2)11-9-13/h4-11,19H,3,12H2,1-2H3,(H2,23,25,27)/t19-/m0/s1. The molecule has 4 rings (SSSR count). The molecule has 1 atom stereocenters. The average molecular weight is 456 g/mol. The number of amides is 2. The number of thioether (sulfide) groups is 1. The molecule has 0 aliphatic carbocycles. The summed E-state index contributed by atoms with van der Waals surface area (Å²) in [5.74, 6) is 0.613. The number of hydrogen-bond donors (Lipinski definition) is 2. The number of ether oxygens (including phenoxy) is 2. The summed E-state index contributed by atoms with van der Waals surface area (Å²) < 4.78 is 12.5. The number of benzene rings is 2. The van der Waals surface area contributed by atoms with Crippen LogP contribution >= 0.6 is 23.1 Å². The fourth-order valence-electron chi connectivity index (χ4n) is 3.27. The van der Waals surface area contributed by atoms with Crippen molar-refractivity contribution in [3.05, 3.63) is 65.4 Å². The van der Waals surface area contributed by atoms with Gasteiger partial charge in [-0.15, -0.1) is 11.3 Å². The van der Waals surface area contributed by atoms with Gasteiger partial charge in [0.2, 0.25) is 0 Å². The molecule has 0 unspecified atom stereocenters. The highest BCUT2D eigenvalue weighted by molar-refractivity contribution is 8.01. The van der Waals surface area contributed by atoms with Gasteiger partial charge in [0.25, 0.3) is 0 Å². The van der Waals surface area contributed by atoms with E-state index in [4.69, 9.17) is 9.47 Å². The molecule has 0 radical (unpaired) electrons. The van der Waals surface area contributed by atoms with Crippen LogP contribution in [0.25, 0.3) is 10.2 Å². The van der Waals surface area contributed by atoms with Gasteiger partial charge in [0.05, 0.1) is 35.5 Å². The van der Waals surface area contributed by atoms with Crippen molar-refractivity contribution in [3.63, 3.8) is 0 Å². The quantitative estimate of drug-likeness (QED) is 0.409. The molecule has 1 aliphatic rings. The third kappa shape index (κ3) is 4.67. The molecule has 0 saturated carbocycles. The highest BCUT2D eigenvalue weighted by Gasteiger charge is 2.33. The molecule has 160 valence electrons. The molecule has 0 fully saturated rings. The van der Waals surface area contributed by atoms with Crippen molar-refractivity contribution in [1.82, 2.24) is 15.6 Å². The Kier molecular flexibility index (Phi) is 6.43. The summed E-state index contributed by atoms with van der Waals surface area (Å²) >= 11 is 3.06. The normalized spacial score (nSPS) is 16.1. The van der Waals surface area contributed by atoms with Gasteiger partial charge in [-0.05, 0) is 36.8 Å². The second-order valence-electron chi connectivity index (χ2n) is 6.65. The highest BCUT2D eigenvalue weighted by Crippen LogP contribution is 2.34. The number of carbonyl (C=O) groups excluding carboxylic acids is 2. The smallest absolute Gasteiger partial charge is 0.338 e. The average Bonchev–Trinajstić information content (AvgIpc) is 3.20. The second kappa shape index (κ2) is 9.40. The molecule has 9 heteroatoms. The van der Waals surface area contributed by atoms with Crippen LogP contribution in [0.15, 0.2) is 64.1 Å².